The van der Waals surface area contributed by atoms with Gasteiger partial charge in [-0.05, 0) is 50.8 Å². The van der Waals surface area contributed by atoms with Crippen LogP contribution >= 0.6 is 0 Å². The molecule has 1 amide bonds. The van der Waals surface area contributed by atoms with Crippen LogP contribution < -0.4 is 5.32 Å². The lowest BCUT2D eigenvalue weighted by Crippen LogP contribution is -2.39. The van der Waals surface area contributed by atoms with Crippen molar-refractivity contribution in [2.45, 2.75) is 46.0 Å². The summed E-state index contributed by atoms with van der Waals surface area (Å²) in [6.07, 6.45) is 3.90. The molecule has 0 radical (unpaired) electrons. The van der Waals surface area contributed by atoms with Crippen LogP contribution in [0.25, 0.3) is 0 Å². The predicted octanol–water partition coefficient (Wildman–Crippen LogP) is 4.52. The molecule has 0 spiro atoms. The molecule has 1 unspecified atom stereocenters. The van der Waals surface area contributed by atoms with Crippen molar-refractivity contribution in [3.63, 3.8) is 0 Å². The fourth-order valence-electron chi connectivity index (χ4n) is 4.28. The Hall–Kier alpha value is -3.08. The number of pyridine rings is 1. The van der Waals surface area contributed by atoms with Crippen LogP contribution in [0.15, 0.2) is 58.9 Å². The van der Waals surface area contributed by atoms with Gasteiger partial charge < -0.3 is 5.32 Å². The monoisotopic (exact) mass is 387 g/mol. The van der Waals surface area contributed by atoms with Gasteiger partial charge in [-0.15, -0.1) is 0 Å². The summed E-state index contributed by atoms with van der Waals surface area (Å²) in [7, 11) is 0. The summed E-state index contributed by atoms with van der Waals surface area (Å²) in [6, 6.07) is 11.8. The van der Waals surface area contributed by atoms with E-state index in [-0.39, 0.29) is 23.5 Å². The van der Waals surface area contributed by atoms with E-state index in [1.807, 2.05) is 51.1 Å². The van der Waals surface area contributed by atoms with Crippen LogP contribution in [0.1, 0.15) is 48.8 Å². The number of allylic oxidation sites excluding steroid dienone is 1. The van der Waals surface area contributed by atoms with E-state index in [0.29, 0.717) is 23.5 Å². The molecule has 1 aromatic carbocycles. The summed E-state index contributed by atoms with van der Waals surface area (Å²) >= 11 is 0. The van der Waals surface area contributed by atoms with Crippen molar-refractivity contribution in [2.24, 2.45) is 10.9 Å². The molecular formula is C24H25N3O2. The normalized spacial score (nSPS) is 21.5. The standard InChI is InChI=1S/C24H25N3O2/c1-14-7-10-17(11-8-14)22-21(24(29)27-20-12-9-15(2)13-25-20)16(3)26-18-5-4-6-19(28)23(18)22/h7-13,22-23H,4-6H2,1-3H3,(H,25,27,29)/t22-,23?/m0/s1. The van der Waals surface area contributed by atoms with Gasteiger partial charge in [0.05, 0.1) is 5.92 Å². The lowest BCUT2D eigenvalue weighted by molar-refractivity contribution is -0.122. The zero-order valence-electron chi connectivity index (χ0n) is 17.0. The molecule has 1 N–H and O–H groups in total. The van der Waals surface area contributed by atoms with E-state index in [1.165, 1.54) is 0 Å². The number of fused-ring (bicyclic) bond motifs is 1. The lowest BCUT2D eigenvalue weighted by atomic mass is 9.69. The maximum absolute atomic E-state index is 13.3. The molecule has 5 nitrogen and oxygen atoms in total. The molecule has 1 aromatic heterocycles. The number of rotatable bonds is 3. The molecule has 2 atom stereocenters. The van der Waals surface area contributed by atoms with Gasteiger partial charge in [-0.25, -0.2) is 4.98 Å². The summed E-state index contributed by atoms with van der Waals surface area (Å²) in [6.45, 7) is 5.84. The first kappa shape index (κ1) is 19.2. The number of anilines is 1. The molecule has 29 heavy (non-hydrogen) atoms. The predicted molar refractivity (Wildman–Crippen MR) is 114 cm³/mol. The van der Waals surface area contributed by atoms with Gasteiger partial charge in [0.15, 0.2) is 0 Å². The first-order valence-corrected chi connectivity index (χ1v) is 10.1. The van der Waals surface area contributed by atoms with E-state index in [4.69, 9.17) is 4.99 Å². The number of amides is 1. The van der Waals surface area contributed by atoms with E-state index in [1.54, 1.807) is 12.3 Å². The second-order valence-corrected chi connectivity index (χ2v) is 7.96. The Labute approximate surface area is 171 Å². The number of hydrogen-bond acceptors (Lipinski definition) is 4. The van der Waals surface area contributed by atoms with Crippen LogP contribution in [-0.2, 0) is 9.59 Å². The van der Waals surface area contributed by atoms with E-state index in [2.05, 4.69) is 10.3 Å². The van der Waals surface area contributed by atoms with E-state index < -0.39 is 0 Å². The summed E-state index contributed by atoms with van der Waals surface area (Å²) in [5.41, 5.74) is 5.29. The minimum absolute atomic E-state index is 0.173. The Bertz CT molecular complexity index is 1020. The molecular weight excluding hydrogens is 362 g/mol. The van der Waals surface area contributed by atoms with Gasteiger partial charge in [-0.1, -0.05) is 35.9 Å². The van der Waals surface area contributed by atoms with Crippen LogP contribution in [0.2, 0.25) is 0 Å². The molecule has 2 heterocycles. The van der Waals surface area contributed by atoms with Crippen LogP contribution in [0.5, 0.6) is 0 Å². The number of ketones is 1. The number of aryl methyl sites for hydroxylation is 2. The largest absolute Gasteiger partial charge is 0.307 e. The van der Waals surface area contributed by atoms with Gasteiger partial charge >= 0.3 is 0 Å². The number of carbonyl (C=O) groups excluding carboxylic acids is 2. The highest BCUT2D eigenvalue weighted by molar-refractivity contribution is 6.13. The molecule has 1 fully saturated rings. The topological polar surface area (TPSA) is 71.4 Å². The first-order chi connectivity index (χ1) is 13.9. The number of aromatic nitrogens is 1. The number of Topliss-reactive ketones (excluding diaryl/α,β-unsaturated/α-hetero) is 1. The maximum atomic E-state index is 13.3. The Morgan fingerprint density at radius 2 is 1.69 bits per heavy atom. The van der Waals surface area contributed by atoms with E-state index in [9.17, 15) is 9.59 Å². The summed E-state index contributed by atoms with van der Waals surface area (Å²) in [4.78, 5) is 35.2. The van der Waals surface area contributed by atoms with Gasteiger partial charge in [-0.2, -0.15) is 0 Å². The summed E-state index contributed by atoms with van der Waals surface area (Å²) in [5, 5.41) is 2.90. The number of carbonyl (C=O) groups is 2. The van der Waals surface area contributed by atoms with Crippen molar-refractivity contribution < 1.29 is 9.59 Å². The minimum atomic E-state index is -0.359. The minimum Gasteiger partial charge on any atom is -0.307 e. The molecule has 148 valence electrons. The second-order valence-electron chi connectivity index (χ2n) is 7.96. The second kappa shape index (κ2) is 7.74. The van der Waals surface area contributed by atoms with Crippen molar-refractivity contribution in [2.75, 3.05) is 5.32 Å². The Kier molecular flexibility index (Phi) is 5.14. The van der Waals surface area contributed by atoms with Gasteiger partial charge in [0.2, 0.25) is 0 Å². The third kappa shape index (κ3) is 3.77. The number of hydrogen-bond donors (Lipinski definition) is 1. The van der Waals surface area contributed by atoms with Crippen molar-refractivity contribution >= 4 is 23.2 Å². The molecule has 0 saturated heterocycles. The van der Waals surface area contributed by atoms with Crippen molar-refractivity contribution in [1.29, 1.82) is 0 Å². The molecule has 2 aliphatic rings. The van der Waals surface area contributed by atoms with Crippen LogP contribution in [0.3, 0.4) is 0 Å². The average molecular weight is 387 g/mol. The van der Waals surface area contributed by atoms with Gasteiger partial charge in [-0.3, -0.25) is 14.6 Å². The van der Waals surface area contributed by atoms with E-state index in [0.717, 1.165) is 35.2 Å². The fourth-order valence-corrected chi connectivity index (χ4v) is 4.28. The molecule has 2 aromatic rings. The number of aliphatic imine (C=N–C) groups is 1. The Morgan fingerprint density at radius 3 is 2.38 bits per heavy atom. The highest BCUT2D eigenvalue weighted by atomic mass is 16.2. The Morgan fingerprint density at radius 1 is 0.966 bits per heavy atom. The molecule has 1 aliphatic carbocycles. The van der Waals surface area contributed by atoms with Crippen molar-refractivity contribution in [1.82, 2.24) is 4.98 Å². The van der Waals surface area contributed by atoms with Crippen molar-refractivity contribution in [3.05, 3.63) is 70.6 Å². The van der Waals surface area contributed by atoms with Gasteiger partial charge in [0, 0.05) is 35.5 Å². The quantitative estimate of drug-likeness (QED) is 0.842. The van der Waals surface area contributed by atoms with Gasteiger partial charge in [0.25, 0.3) is 5.91 Å². The zero-order chi connectivity index (χ0) is 20.5. The molecule has 1 aliphatic heterocycles. The summed E-state index contributed by atoms with van der Waals surface area (Å²) < 4.78 is 0. The molecule has 5 heteroatoms. The highest BCUT2D eigenvalue weighted by Gasteiger charge is 2.43. The average Bonchev–Trinajstić information content (AvgIpc) is 2.69. The van der Waals surface area contributed by atoms with Gasteiger partial charge in [0.1, 0.15) is 11.6 Å². The zero-order valence-corrected chi connectivity index (χ0v) is 17.0. The summed E-state index contributed by atoms with van der Waals surface area (Å²) in [5.74, 6) is -0.256. The van der Waals surface area contributed by atoms with Crippen molar-refractivity contribution in [3.8, 4) is 0 Å². The van der Waals surface area contributed by atoms with E-state index >= 15 is 0 Å². The third-order valence-corrected chi connectivity index (χ3v) is 5.74. The fraction of sp³-hybridized carbons (Fsp3) is 0.333. The van der Waals surface area contributed by atoms with Crippen LogP contribution in [-0.4, -0.2) is 22.4 Å². The van der Waals surface area contributed by atoms with Crippen LogP contribution in [0, 0.1) is 19.8 Å². The third-order valence-electron chi connectivity index (χ3n) is 5.74. The Balaban J connectivity index is 1.77. The number of benzene rings is 1. The molecule has 0 bridgehead atoms. The molecule has 1 saturated carbocycles. The molecule has 4 rings (SSSR count). The highest BCUT2D eigenvalue weighted by Crippen LogP contribution is 2.43. The lowest BCUT2D eigenvalue weighted by Gasteiger charge is -2.36. The maximum Gasteiger partial charge on any atom is 0.255 e. The number of nitrogens with one attached hydrogen (secondary N) is 1. The SMILES string of the molecule is CC1=C(C(=O)Nc2ccc(C)cn2)[C@H](c2ccc(C)cc2)C2C(=O)CCCC2=N1. The van der Waals surface area contributed by atoms with Crippen LogP contribution in [0.4, 0.5) is 5.82 Å². The number of nitrogens with zero attached hydrogens (tertiary/aromatic N) is 2. The first-order valence-electron chi connectivity index (χ1n) is 10.1. The smallest absolute Gasteiger partial charge is 0.255 e.